The zero-order chi connectivity index (χ0) is 12.8. The minimum Gasteiger partial charge on any atom is -0.370 e. The van der Waals surface area contributed by atoms with Gasteiger partial charge in [-0.25, -0.2) is 0 Å². The van der Waals surface area contributed by atoms with Crippen LogP contribution in [0.1, 0.15) is 43.6 Å². The zero-order valence-electron chi connectivity index (χ0n) is 10.8. The molecule has 1 aliphatic heterocycles. The van der Waals surface area contributed by atoms with Crippen molar-refractivity contribution in [3.8, 4) is 0 Å². The van der Waals surface area contributed by atoms with E-state index in [0.29, 0.717) is 0 Å². The fourth-order valence-electron chi connectivity index (χ4n) is 1.97. The minimum absolute atomic E-state index is 0.0487. The summed E-state index contributed by atoms with van der Waals surface area (Å²) in [5.41, 5.74) is -0.154. The van der Waals surface area contributed by atoms with Crippen LogP contribution < -0.4 is 5.32 Å². The number of fused-ring (bicyclic) bond motifs is 1. The molecule has 2 aromatic heterocycles. The van der Waals surface area contributed by atoms with E-state index in [4.69, 9.17) is 4.74 Å². The third-order valence-corrected chi connectivity index (χ3v) is 4.61. The molecule has 1 fully saturated rings. The molecule has 1 saturated heterocycles. The Bertz CT molecular complexity index is 555. The van der Waals surface area contributed by atoms with Crippen LogP contribution in [-0.4, -0.2) is 33.5 Å². The molecule has 0 radical (unpaired) electrons. The Hall–Kier alpha value is -1.05. The van der Waals surface area contributed by atoms with E-state index in [1.54, 1.807) is 11.3 Å². The van der Waals surface area contributed by atoms with Gasteiger partial charge in [0.05, 0.1) is 5.54 Å². The molecule has 3 rings (SSSR count). The molecule has 1 aliphatic rings. The maximum absolute atomic E-state index is 5.65. The van der Waals surface area contributed by atoms with Crippen molar-refractivity contribution in [1.82, 2.24) is 25.1 Å². The highest BCUT2D eigenvalue weighted by molar-refractivity contribution is 7.16. The maximum atomic E-state index is 5.65. The monoisotopic (exact) mass is 267 g/mol. The normalized spacial score (nSPS) is 20.9. The number of ether oxygens (including phenoxy) is 1. The number of nitrogens with zero attached hydrogens (tertiary/aromatic N) is 4. The molecule has 0 bridgehead atoms. The van der Waals surface area contributed by atoms with Crippen molar-refractivity contribution >= 4 is 16.3 Å². The van der Waals surface area contributed by atoms with E-state index in [2.05, 4.69) is 34.5 Å². The highest BCUT2D eigenvalue weighted by Crippen LogP contribution is 2.30. The Balaban J connectivity index is 2.02. The number of hydrogen-bond acceptors (Lipinski definition) is 6. The number of aromatic nitrogens is 4. The predicted octanol–water partition coefficient (Wildman–Crippen LogP) is 1.49. The van der Waals surface area contributed by atoms with Crippen LogP contribution in [0.25, 0.3) is 4.96 Å². The average Bonchev–Trinajstić information content (AvgIpc) is 3.03. The van der Waals surface area contributed by atoms with Crippen LogP contribution in [0.5, 0.6) is 0 Å². The van der Waals surface area contributed by atoms with Gasteiger partial charge in [-0.15, -0.1) is 10.2 Å². The third kappa shape index (κ3) is 1.82. The van der Waals surface area contributed by atoms with Gasteiger partial charge >= 0.3 is 0 Å². The van der Waals surface area contributed by atoms with Crippen molar-refractivity contribution in [1.29, 1.82) is 0 Å². The van der Waals surface area contributed by atoms with Gasteiger partial charge in [0.1, 0.15) is 11.1 Å². The van der Waals surface area contributed by atoms with Gasteiger partial charge in [0.2, 0.25) is 4.96 Å². The summed E-state index contributed by atoms with van der Waals surface area (Å²) in [7, 11) is 1.93. The van der Waals surface area contributed by atoms with Crippen LogP contribution in [0.3, 0.4) is 0 Å². The van der Waals surface area contributed by atoms with Gasteiger partial charge in [0.15, 0.2) is 5.82 Å². The predicted molar refractivity (Wildman–Crippen MR) is 68.7 cm³/mol. The quantitative estimate of drug-likeness (QED) is 0.913. The molecular weight excluding hydrogens is 250 g/mol. The Morgan fingerprint density at radius 1 is 1.44 bits per heavy atom. The fourth-order valence-corrected chi connectivity index (χ4v) is 2.93. The topological polar surface area (TPSA) is 64.3 Å². The van der Waals surface area contributed by atoms with E-state index in [9.17, 15) is 0 Å². The first-order valence-corrected chi connectivity index (χ1v) is 6.96. The largest absolute Gasteiger partial charge is 0.370 e. The molecule has 0 amide bonds. The van der Waals surface area contributed by atoms with E-state index in [-0.39, 0.29) is 11.6 Å². The van der Waals surface area contributed by atoms with Gasteiger partial charge in [-0.3, -0.25) is 0 Å². The molecule has 0 aromatic carbocycles. The lowest BCUT2D eigenvalue weighted by molar-refractivity contribution is 0.103. The van der Waals surface area contributed by atoms with Crippen LogP contribution in [0.4, 0.5) is 0 Å². The van der Waals surface area contributed by atoms with Gasteiger partial charge in [0.25, 0.3) is 0 Å². The van der Waals surface area contributed by atoms with Gasteiger partial charge in [-0.2, -0.15) is 9.61 Å². The minimum atomic E-state index is -0.154. The van der Waals surface area contributed by atoms with E-state index in [0.717, 1.165) is 35.2 Å². The van der Waals surface area contributed by atoms with E-state index in [1.165, 1.54) is 0 Å². The van der Waals surface area contributed by atoms with Crippen LogP contribution in [0, 0.1) is 0 Å². The maximum Gasteiger partial charge on any atom is 0.234 e. The first-order chi connectivity index (χ1) is 8.62. The Labute approximate surface area is 109 Å². The van der Waals surface area contributed by atoms with E-state index in [1.807, 2.05) is 11.6 Å². The SMILES string of the molecule is CNC(C)(C)c1nn2c(C3CCCO3)nnc2s1. The highest BCUT2D eigenvalue weighted by Gasteiger charge is 2.28. The summed E-state index contributed by atoms with van der Waals surface area (Å²) in [6, 6.07) is 0. The molecule has 3 heterocycles. The van der Waals surface area contributed by atoms with E-state index < -0.39 is 0 Å². The molecule has 7 heteroatoms. The van der Waals surface area contributed by atoms with Crippen LogP contribution in [-0.2, 0) is 10.3 Å². The fraction of sp³-hybridized carbons (Fsp3) is 0.727. The number of rotatable bonds is 3. The van der Waals surface area contributed by atoms with Crippen molar-refractivity contribution in [3.05, 3.63) is 10.8 Å². The molecule has 1 unspecified atom stereocenters. The summed E-state index contributed by atoms with van der Waals surface area (Å²) in [5, 5.41) is 17.3. The third-order valence-electron chi connectivity index (χ3n) is 3.39. The van der Waals surface area contributed by atoms with Crippen molar-refractivity contribution < 1.29 is 4.74 Å². The van der Waals surface area contributed by atoms with Crippen molar-refractivity contribution in [2.24, 2.45) is 0 Å². The molecule has 1 N–H and O–H groups in total. The first-order valence-electron chi connectivity index (χ1n) is 6.15. The molecule has 98 valence electrons. The number of nitrogens with one attached hydrogen (secondary N) is 1. The summed E-state index contributed by atoms with van der Waals surface area (Å²) < 4.78 is 7.48. The molecule has 18 heavy (non-hydrogen) atoms. The molecule has 0 saturated carbocycles. The summed E-state index contributed by atoms with van der Waals surface area (Å²) in [6.45, 7) is 5.01. The summed E-state index contributed by atoms with van der Waals surface area (Å²) >= 11 is 1.57. The van der Waals surface area contributed by atoms with Crippen molar-refractivity contribution in [2.45, 2.75) is 38.3 Å². The lowest BCUT2D eigenvalue weighted by Gasteiger charge is -2.19. The molecule has 6 nitrogen and oxygen atoms in total. The first kappa shape index (κ1) is 12.0. The van der Waals surface area contributed by atoms with Gasteiger partial charge < -0.3 is 10.1 Å². The zero-order valence-corrected chi connectivity index (χ0v) is 11.6. The van der Waals surface area contributed by atoms with Crippen LogP contribution >= 0.6 is 11.3 Å². The Morgan fingerprint density at radius 2 is 2.28 bits per heavy atom. The second-order valence-electron chi connectivity index (χ2n) is 5.04. The summed E-state index contributed by atoms with van der Waals surface area (Å²) in [5.74, 6) is 0.830. The summed E-state index contributed by atoms with van der Waals surface area (Å²) in [4.78, 5) is 0.832. The molecule has 0 spiro atoms. The van der Waals surface area contributed by atoms with Crippen LogP contribution in [0.15, 0.2) is 0 Å². The highest BCUT2D eigenvalue weighted by atomic mass is 32.1. The number of hydrogen-bond donors (Lipinski definition) is 1. The Morgan fingerprint density at radius 3 is 2.94 bits per heavy atom. The Kier molecular flexibility index (Phi) is 2.84. The molecule has 1 atom stereocenters. The lowest BCUT2D eigenvalue weighted by Crippen LogP contribution is -2.33. The average molecular weight is 267 g/mol. The van der Waals surface area contributed by atoms with Gasteiger partial charge in [-0.1, -0.05) is 11.3 Å². The van der Waals surface area contributed by atoms with Crippen molar-refractivity contribution in [2.75, 3.05) is 13.7 Å². The second-order valence-corrected chi connectivity index (χ2v) is 5.99. The molecular formula is C11H17N5OS. The van der Waals surface area contributed by atoms with Crippen LogP contribution in [0.2, 0.25) is 0 Å². The molecule has 0 aliphatic carbocycles. The van der Waals surface area contributed by atoms with E-state index >= 15 is 0 Å². The van der Waals surface area contributed by atoms with Crippen molar-refractivity contribution in [3.63, 3.8) is 0 Å². The standard InChI is InChI=1S/C11H17N5OS/c1-11(2,12-3)9-15-16-8(7-5-4-6-17-7)13-14-10(16)18-9/h7,12H,4-6H2,1-3H3. The second kappa shape index (κ2) is 4.25. The van der Waals surface area contributed by atoms with Gasteiger partial charge in [-0.05, 0) is 33.7 Å². The smallest absolute Gasteiger partial charge is 0.234 e. The van der Waals surface area contributed by atoms with Gasteiger partial charge in [0, 0.05) is 6.61 Å². The molecule has 2 aromatic rings. The summed E-state index contributed by atoms with van der Waals surface area (Å²) in [6.07, 6.45) is 2.13. The lowest BCUT2D eigenvalue weighted by atomic mass is 10.1.